The Morgan fingerprint density at radius 2 is 1.92 bits per heavy atom. The number of amides is 1. The summed E-state index contributed by atoms with van der Waals surface area (Å²) in [7, 11) is 0. The predicted octanol–water partition coefficient (Wildman–Crippen LogP) is 3.60. The standard InChI is InChI=1S/C18H18ClNO4/c1-12-5-3-8-16(9-12)23-11-17(21)24-13(2)18(22)20-15-7-4-6-14(19)10-15/h3-10,13H,11H2,1-2H3,(H,20,22)/t13-/m0/s1. The Labute approximate surface area is 145 Å². The maximum Gasteiger partial charge on any atom is 0.344 e. The molecule has 0 heterocycles. The summed E-state index contributed by atoms with van der Waals surface area (Å²) in [6.07, 6.45) is -0.947. The topological polar surface area (TPSA) is 64.6 Å². The molecule has 0 spiro atoms. The number of halogens is 1. The van der Waals surface area contributed by atoms with Gasteiger partial charge in [0.15, 0.2) is 12.7 Å². The minimum absolute atomic E-state index is 0.266. The predicted molar refractivity (Wildman–Crippen MR) is 92.3 cm³/mol. The number of nitrogens with one attached hydrogen (secondary N) is 1. The van der Waals surface area contributed by atoms with Crippen LogP contribution in [0.1, 0.15) is 12.5 Å². The van der Waals surface area contributed by atoms with E-state index in [1.807, 2.05) is 25.1 Å². The van der Waals surface area contributed by atoms with E-state index in [0.717, 1.165) is 5.56 Å². The van der Waals surface area contributed by atoms with E-state index in [-0.39, 0.29) is 6.61 Å². The van der Waals surface area contributed by atoms with E-state index >= 15 is 0 Å². The molecule has 0 aromatic heterocycles. The van der Waals surface area contributed by atoms with Crippen LogP contribution < -0.4 is 10.1 Å². The first-order valence-electron chi connectivity index (χ1n) is 7.39. The number of rotatable bonds is 6. The molecule has 0 aliphatic heterocycles. The van der Waals surface area contributed by atoms with Gasteiger partial charge in [0, 0.05) is 10.7 Å². The molecule has 1 N–H and O–H groups in total. The molecule has 0 fully saturated rings. The van der Waals surface area contributed by atoms with Gasteiger partial charge in [0.1, 0.15) is 5.75 Å². The molecule has 6 heteroatoms. The van der Waals surface area contributed by atoms with Crippen LogP contribution >= 0.6 is 11.6 Å². The van der Waals surface area contributed by atoms with Crippen molar-refractivity contribution in [3.8, 4) is 5.75 Å². The van der Waals surface area contributed by atoms with Crippen molar-refractivity contribution in [1.82, 2.24) is 0 Å². The van der Waals surface area contributed by atoms with Crippen molar-refractivity contribution in [2.24, 2.45) is 0 Å². The molecule has 0 saturated carbocycles. The van der Waals surface area contributed by atoms with Gasteiger partial charge in [-0.1, -0.05) is 29.8 Å². The Morgan fingerprint density at radius 1 is 1.17 bits per heavy atom. The van der Waals surface area contributed by atoms with E-state index in [1.54, 1.807) is 30.3 Å². The number of ether oxygens (including phenoxy) is 2. The van der Waals surface area contributed by atoms with Crippen molar-refractivity contribution in [2.75, 3.05) is 11.9 Å². The minimum atomic E-state index is -0.947. The highest BCUT2D eigenvalue weighted by atomic mass is 35.5. The fraction of sp³-hybridized carbons (Fsp3) is 0.222. The molecule has 0 radical (unpaired) electrons. The molecule has 0 saturated heterocycles. The molecule has 0 unspecified atom stereocenters. The average molecular weight is 348 g/mol. The normalized spacial score (nSPS) is 11.5. The third-order valence-corrected chi connectivity index (χ3v) is 3.35. The second kappa shape index (κ2) is 8.36. The van der Waals surface area contributed by atoms with Gasteiger partial charge in [-0.3, -0.25) is 4.79 Å². The average Bonchev–Trinajstić information content (AvgIpc) is 2.53. The summed E-state index contributed by atoms with van der Waals surface area (Å²) in [5, 5.41) is 3.13. The zero-order chi connectivity index (χ0) is 17.5. The molecule has 1 atom stereocenters. The summed E-state index contributed by atoms with van der Waals surface area (Å²) in [5.74, 6) is -0.491. The summed E-state index contributed by atoms with van der Waals surface area (Å²) in [5.41, 5.74) is 1.56. The lowest BCUT2D eigenvalue weighted by molar-refractivity contribution is -0.155. The van der Waals surface area contributed by atoms with Gasteiger partial charge in [-0.15, -0.1) is 0 Å². The van der Waals surface area contributed by atoms with Crippen LogP contribution in [0, 0.1) is 6.92 Å². The van der Waals surface area contributed by atoms with Crippen LogP contribution in [0.3, 0.4) is 0 Å². The number of benzene rings is 2. The van der Waals surface area contributed by atoms with E-state index in [1.165, 1.54) is 6.92 Å². The van der Waals surface area contributed by atoms with Crippen LogP contribution in [-0.4, -0.2) is 24.6 Å². The molecular weight excluding hydrogens is 330 g/mol. The fourth-order valence-electron chi connectivity index (χ4n) is 1.94. The number of aryl methyl sites for hydroxylation is 1. The van der Waals surface area contributed by atoms with Crippen molar-refractivity contribution < 1.29 is 19.1 Å². The van der Waals surface area contributed by atoms with E-state index in [9.17, 15) is 9.59 Å². The number of carbonyl (C=O) groups excluding carboxylic acids is 2. The third kappa shape index (κ3) is 5.59. The van der Waals surface area contributed by atoms with Crippen LogP contribution in [0.5, 0.6) is 5.75 Å². The van der Waals surface area contributed by atoms with Gasteiger partial charge in [-0.05, 0) is 49.7 Å². The Kier molecular flexibility index (Phi) is 6.21. The number of esters is 1. The quantitative estimate of drug-likeness (QED) is 0.811. The zero-order valence-electron chi connectivity index (χ0n) is 13.4. The number of carbonyl (C=O) groups is 2. The summed E-state index contributed by atoms with van der Waals surface area (Å²) in [6.45, 7) is 3.15. The second-order valence-corrected chi connectivity index (χ2v) is 5.67. The largest absolute Gasteiger partial charge is 0.482 e. The molecule has 2 aromatic carbocycles. The summed E-state index contributed by atoms with van der Waals surface area (Å²) in [6, 6.07) is 14.0. The van der Waals surface area contributed by atoms with Gasteiger partial charge in [-0.25, -0.2) is 4.79 Å². The maximum atomic E-state index is 12.0. The Bertz CT molecular complexity index is 732. The Hall–Kier alpha value is -2.53. The fourth-order valence-corrected chi connectivity index (χ4v) is 2.13. The lowest BCUT2D eigenvalue weighted by Gasteiger charge is -2.14. The molecule has 0 aliphatic carbocycles. The third-order valence-electron chi connectivity index (χ3n) is 3.12. The highest BCUT2D eigenvalue weighted by Gasteiger charge is 2.18. The first-order valence-corrected chi connectivity index (χ1v) is 7.77. The smallest absolute Gasteiger partial charge is 0.344 e. The summed E-state index contributed by atoms with van der Waals surface area (Å²) >= 11 is 5.85. The van der Waals surface area contributed by atoms with Crippen molar-refractivity contribution in [1.29, 1.82) is 0 Å². The molecule has 0 aliphatic rings. The van der Waals surface area contributed by atoms with Gasteiger partial charge in [-0.2, -0.15) is 0 Å². The molecule has 2 aromatic rings. The van der Waals surface area contributed by atoms with E-state index in [2.05, 4.69) is 5.32 Å². The Morgan fingerprint density at radius 3 is 2.62 bits per heavy atom. The second-order valence-electron chi connectivity index (χ2n) is 5.24. The van der Waals surface area contributed by atoms with Gasteiger partial charge in [0.25, 0.3) is 5.91 Å². The van der Waals surface area contributed by atoms with Crippen LogP contribution in [0.2, 0.25) is 5.02 Å². The molecule has 0 bridgehead atoms. The van der Waals surface area contributed by atoms with Crippen molar-refractivity contribution in [3.05, 3.63) is 59.1 Å². The van der Waals surface area contributed by atoms with Gasteiger partial charge < -0.3 is 14.8 Å². The van der Waals surface area contributed by atoms with E-state index in [4.69, 9.17) is 21.1 Å². The SMILES string of the molecule is Cc1cccc(OCC(=O)O[C@@H](C)C(=O)Nc2cccc(Cl)c2)c1. The Balaban J connectivity index is 1.81. The molecular formula is C18H18ClNO4. The van der Waals surface area contributed by atoms with Crippen LogP contribution in [0.4, 0.5) is 5.69 Å². The molecule has 24 heavy (non-hydrogen) atoms. The molecule has 126 valence electrons. The van der Waals surface area contributed by atoms with Crippen LogP contribution in [0.15, 0.2) is 48.5 Å². The molecule has 1 amide bonds. The first kappa shape index (κ1) is 17.8. The summed E-state index contributed by atoms with van der Waals surface area (Å²) < 4.78 is 10.4. The number of hydrogen-bond donors (Lipinski definition) is 1. The van der Waals surface area contributed by atoms with Gasteiger partial charge in [0.2, 0.25) is 0 Å². The first-order chi connectivity index (χ1) is 11.4. The summed E-state index contributed by atoms with van der Waals surface area (Å²) in [4.78, 5) is 23.8. The number of anilines is 1. The van der Waals surface area contributed by atoms with E-state index < -0.39 is 18.0 Å². The van der Waals surface area contributed by atoms with Gasteiger partial charge in [0.05, 0.1) is 0 Å². The zero-order valence-corrected chi connectivity index (χ0v) is 14.2. The van der Waals surface area contributed by atoms with E-state index in [0.29, 0.717) is 16.5 Å². The van der Waals surface area contributed by atoms with Gasteiger partial charge >= 0.3 is 5.97 Å². The highest BCUT2D eigenvalue weighted by Crippen LogP contribution is 2.15. The lowest BCUT2D eigenvalue weighted by atomic mass is 10.2. The molecule has 5 nitrogen and oxygen atoms in total. The van der Waals surface area contributed by atoms with Crippen LogP contribution in [-0.2, 0) is 14.3 Å². The molecule has 2 rings (SSSR count). The van der Waals surface area contributed by atoms with Crippen molar-refractivity contribution in [3.63, 3.8) is 0 Å². The number of hydrogen-bond acceptors (Lipinski definition) is 4. The highest BCUT2D eigenvalue weighted by molar-refractivity contribution is 6.30. The minimum Gasteiger partial charge on any atom is -0.482 e. The van der Waals surface area contributed by atoms with Crippen molar-refractivity contribution in [2.45, 2.75) is 20.0 Å². The lowest BCUT2D eigenvalue weighted by Crippen LogP contribution is -2.31. The maximum absolute atomic E-state index is 12.0. The van der Waals surface area contributed by atoms with Crippen LogP contribution in [0.25, 0.3) is 0 Å². The monoisotopic (exact) mass is 347 g/mol. The van der Waals surface area contributed by atoms with Crippen molar-refractivity contribution >= 4 is 29.2 Å².